The summed E-state index contributed by atoms with van der Waals surface area (Å²) in [6.07, 6.45) is 2.66. The van der Waals surface area contributed by atoms with Crippen molar-refractivity contribution < 1.29 is 14.6 Å². The maximum Gasteiger partial charge on any atom is 0.306 e. The molecule has 0 aliphatic heterocycles. The second-order valence-electron chi connectivity index (χ2n) is 5.04. The highest BCUT2D eigenvalue weighted by Crippen LogP contribution is 2.15. The van der Waals surface area contributed by atoms with Crippen LogP contribution in [0.1, 0.15) is 45.1 Å². The van der Waals surface area contributed by atoms with Crippen molar-refractivity contribution in [3.63, 3.8) is 0 Å². The molecule has 0 aliphatic rings. The van der Waals surface area contributed by atoms with Crippen LogP contribution in [0.25, 0.3) is 0 Å². The average molecular weight is 264 g/mol. The summed E-state index contributed by atoms with van der Waals surface area (Å²) >= 11 is 0. The first-order valence-electron chi connectivity index (χ1n) is 7.01. The third kappa shape index (κ3) is 6.39. The Labute approximate surface area is 115 Å². The predicted octanol–water partition coefficient (Wildman–Crippen LogP) is 3.31. The molecule has 0 aliphatic carbocycles. The van der Waals surface area contributed by atoms with Crippen LogP contribution in [-0.2, 0) is 16.1 Å². The molecule has 0 saturated carbocycles. The van der Waals surface area contributed by atoms with Crippen LogP contribution in [0.15, 0.2) is 30.3 Å². The van der Waals surface area contributed by atoms with E-state index in [4.69, 9.17) is 4.74 Å². The standard InChI is InChI=1S/C16H24O3/c1-3-4-10-15(17)13(2)11-16(18)19-12-14-8-6-5-7-9-14/h5-9,13,15,17H,3-4,10-12H2,1-2H3/t13-,15-/m1/s1. The zero-order valence-electron chi connectivity index (χ0n) is 11.8. The van der Waals surface area contributed by atoms with E-state index in [1.807, 2.05) is 37.3 Å². The summed E-state index contributed by atoms with van der Waals surface area (Å²) in [5.41, 5.74) is 0.982. The highest BCUT2D eigenvalue weighted by molar-refractivity contribution is 5.69. The molecule has 0 radical (unpaired) electrons. The van der Waals surface area contributed by atoms with Crippen LogP contribution in [0.3, 0.4) is 0 Å². The molecule has 2 atom stereocenters. The Morgan fingerprint density at radius 3 is 2.63 bits per heavy atom. The third-order valence-corrected chi connectivity index (χ3v) is 3.24. The van der Waals surface area contributed by atoms with E-state index in [9.17, 15) is 9.90 Å². The summed E-state index contributed by atoms with van der Waals surface area (Å²) in [6.45, 7) is 4.28. The maximum atomic E-state index is 11.7. The molecule has 3 heteroatoms. The summed E-state index contributed by atoms with van der Waals surface area (Å²) in [5, 5.41) is 9.88. The molecule has 3 nitrogen and oxygen atoms in total. The van der Waals surface area contributed by atoms with Gasteiger partial charge in [0.05, 0.1) is 12.5 Å². The van der Waals surface area contributed by atoms with Crippen molar-refractivity contribution in [1.82, 2.24) is 0 Å². The zero-order chi connectivity index (χ0) is 14.1. The summed E-state index contributed by atoms with van der Waals surface area (Å²) in [7, 11) is 0. The Morgan fingerprint density at radius 2 is 2.00 bits per heavy atom. The second kappa shape index (κ2) is 8.70. The number of hydrogen-bond acceptors (Lipinski definition) is 3. The first kappa shape index (κ1) is 15.7. The van der Waals surface area contributed by atoms with E-state index >= 15 is 0 Å². The number of benzene rings is 1. The lowest BCUT2D eigenvalue weighted by atomic mass is 9.97. The van der Waals surface area contributed by atoms with Crippen molar-refractivity contribution in [2.75, 3.05) is 0 Å². The first-order chi connectivity index (χ1) is 9.13. The van der Waals surface area contributed by atoms with Crippen molar-refractivity contribution in [1.29, 1.82) is 0 Å². The molecule has 0 amide bonds. The van der Waals surface area contributed by atoms with E-state index in [0.29, 0.717) is 6.61 Å². The second-order valence-corrected chi connectivity index (χ2v) is 5.04. The molecule has 0 fully saturated rings. The van der Waals surface area contributed by atoms with Gasteiger partial charge in [-0.3, -0.25) is 4.79 Å². The molecule has 0 heterocycles. The number of rotatable bonds is 8. The molecule has 0 bridgehead atoms. The molecule has 1 N–H and O–H groups in total. The Bertz CT molecular complexity index is 362. The van der Waals surface area contributed by atoms with E-state index in [2.05, 4.69) is 6.92 Å². The fraction of sp³-hybridized carbons (Fsp3) is 0.562. The molecule has 1 aromatic carbocycles. The van der Waals surface area contributed by atoms with Crippen LogP contribution in [0, 0.1) is 5.92 Å². The van der Waals surface area contributed by atoms with E-state index in [0.717, 1.165) is 24.8 Å². The molecular formula is C16H24O3. The van der Waals surface area contributed by atoms with Crippen molar-refractivity contribution in [2.24, 2.45) is 5.92 Å². The number of aliphatic hydroxyl groups is 1. The minimum absolute atomic E-state index is 0.0465. The topological polar surface area (TPSA) is 46.5 Å². The normalized spacial score (nSPS) is 13.8. The summed E-state index contributed by atoms with van der Waals surface area (Å²) < 4.78 is 5.20. The maximum absolute atomic E-state index is 11.7. The van der Waals surface area contributed by atoms with E-state index in [-0.39, 0.29) is 18.3 Å². The van der Waals surface area contributed by atoms with Crippen molar-refractivity contribution in [2.45, 2.75) is 52.2 Å². The Balaban J connectivity index is 2.27. The molecule has 1 aromatic rings. The van der Waals surface area contributed by atoms with Gasteiger partial charge in [0.2, 0.25) is 0 Å². The van der Waals surface area contributed by atoms with Gasteiger partial charge in [-0.25, -0.2) is 0 Å². The molecular weight excluding hydrogens is 240 g/mol. The van der Waals surface area contributed by atoms with Crippen LogP contribution < -0.4 is 0 Å². The van der Waals surface area contributed by atoms with Crippen LogP contribution in [0.5, 0.6) is 0 Å². The quantitative estimate of drug-likeness (QED) is 0.733. The molecule has 0 unspecified atom stereocenters. The van der Waals surface area contributed by atoms with Crippen LogP contribution in [-0.4, -0.2) is 17.2 Å². The number of unbranched alkanes of at least 4 members (excludes halogenated alkanes) is 1. The average Bonchev–Trinajstić information content (AvgIpc) is 2.43. The summed E-state index contributed by atoms with van der Waals surface area (Å²) in [6, 6.07) is 9.61. The number of carbonyl (C=O) groups excluding carboxylic acids is 1. The third-order valence-electron chi connectivity index (χ3n) is 3.24. The number of hydrogen-bond donors (Lipinski definition) is 1. The van der Waals surface area contributed by atoms with E-state index in [1.54, 1.807) is 0 Å². The number of carbonyl (C=O) groups is 1. The lowest BCUT2D eigenvalue weighted by Crippen LogP contribution is -2.21. The van der Waals surface area contributed by atoms with E-state index in [1.165, 1.54) is 0 Å². The van der Waals surface area contributed by atoms with Gasteiger partial charge < -0.3 is 9.84 Å². The zero-order valence-corrected chi connectivity index (χ0v) is 11.8. The predicted molar refractivity (Wildman–Crippen MR) is 75.6 cm³/mol. The summed E-state index contributed by atoms with van der Waals surface area (Å²) in [5.74, 6) is -0.290. The Morgan fingerprint density at radius 1 is 1.32 bits per heavy atom. The van der Waals surface area contributed by atoms with Crippen LogP contribution in [0.2, 0.25) is 0 Å². The highest BCUT2D eigenvalue weighted by Gasteiger charge is 2.18. The van der Waals surface area contributed by atoms with Gasteiger partial charge in [-0.05, 0) is 17.9 Å². The molecule has 0 spiro atoms. The lowest BCUT2D eigenvalue weighted by Gasteiger charge is -2.17. The smallest absolute Gasteiger partial charge is 0.306 e. The van der Waals surface area contributed by atoms with Gasteiger partial charge in [-0.2, -0.15) is 0 Å². The van der Waals surface area contributed by atoms with E-state index < -0.39 is 6.10 Å². The SMILES string of the molecule is CCCC[C@@H](O)[C@H](C)CC(=O)OCc1ccccc1. The monoisotopic (exact) mass is 264 g/mol. The van der Waals surface area contributed by atoms with Gasteiger partial charge in [-0.1, -0.05) is 57.0 Å². The van der Waals surface area contributed by atoms with Crippen LogP contribution in [0.4, 0.5) is 0 Å². The minimum Gasteiger partial charge on any atom is -0.461 e. The fourth-order valence-electron chi connectivity index (χ4n) is 1.89. The number of esters is 1. The van der Waals surface area contributed by atoms with Gasteiger partial charge in [0, 0.05) is 0 Å². The molecule has 1 rings (SSSR count). The van der Waals surface area contributed by atoms with Crippen LogP contribution >= 0.6 is 0 Å². The molecule has 0 saturated heterocycles. The Hall–Kier alpha value is -1.35. The summed E-state index contributed by atoms with van der Waals surface area (Å²) in [4.78, 5) is 11.7. The lowest BCUT2D eigenvalue weighted by molar-refractivity contribution is -0.147. The van der Waals surface area contributed by atoms with Crippen molar-refractivity contribution >= 4 is 5.97 Å². The van der Waals surface area contributed by atoms with Crippen molar-refractivity contribution in [3.05, 3.63) is 35.9 Å². The van der Waals surface area contributed by atoms with Gasteiger partial charge >= 0.3 is 5.97 Å². The Kier molecular flexibility index (Phi) is 7.19. The largest absolute Gasteiger partial charge is 0.461 e. The highest BCUT2D eigenvalue weighted by atomic mass is 16.5. The first-order valence-corrected chi connectivity index (χ1v) is 7.01. The van der Waals surface area contributed by atoms with Crippen molar-refractivity contribution in [3.8, 4) is 0 Å². The fourth-order valence-corrected chi connectivity index (χ4v) is 1.89. The molecule has 0 aromatic heterocycles. The number of ether oxygens (including phenoxy) is 1. The molecule has 19 heavy (non-hydrogen) atoms. The van der Waals surface area contributed by atoms with Gasteiger partial charge in [0.25, 0.3) is 0 Å². The minimum atomic E-state index is -0.413. The molecule has 106 valence electrons. The van der Waals surface area contributed by atoms with Gasteiger partial charge in [0.1, 0.15) is 6.61 Å². The van der Waals surface area contributed by atoms with Gasteiger partial charge in [-0.15, -0.1) is 0 Å². The number of aliphatic hydroxyl groups excluding tert-OH is 1. The van der Waals surface area contributed by atoms with Gasteiger partial charge in [0.15, 0.2) is 0 Å².